The van der Waals surface area contributed by atoms with E-state index in [0.717, 1.165) is 43.4 Å². The van der Waals surface area contributed by atoms with Crippen LogP contribution in [0.25, 0.3) is 0 Å². The molecule has 1 aliphatic carbocycles. The van der Waals surface area contributed by atoms with Crippen LogP contribution in [0, 0.1) is 16.6 Å². The van der Waals surface area contributed by atoms with Gasteiger partial charge in [-0.25, -0.2) is 5.26 Å². The number of carbonyl (C=O) groups is 3. The molecule has 0 radical (unpaired) electrons. The normalized spacial score (nSPS) is 26.9. The van der Waals surface area contributed by atoms with Gasteiger partial charge in [-0.1, -0.05) is 37.2 Å². The van der Waals surface area contributed by atoms with Gasteiger partial charge in [-0.05, 0) is 25.8 Å². The molecule has 4 atom stereocenters. The Balaban J connectivity index is 0.000000207. The third kappa shape index (κ3) is 5.83. The average molecular weight is 506 g/mol. The molecule has 196 valence electrons. The molecule has 2 fully saturated rings. The van der Waals surface area contributed by atoms with Gasteiger partial charge in [0.2, 0.25) is 18.2 Å². The van der Waals surface area contributed by atoms with Crippen molar-refractivity contribution < 1.29 is 23.9 Å². The number of carbonyl (C=O) groups excluding carboxylic acids is 3. The zero-order chi connectivity index (χ0) is 26.4. The monoisotopic (exact) mass is 506 g/mol. The summed E-state index contributed by atoms with van der Waals surface area (Å²) in [6, 6.07) is 7.45. The smallest absolute Gasteiger partial charge is 0.274 e. The fraction of sp³-hybridized carbons (Fsp3) is 0.556. The molecule has 5 rings (SSSR count). The lowest BCUT2D eigenvalue weighted by Crippen LogP contribution is -2.52. The number of nitrogens with one attached hydrogen (secondary N) is 2. The van der Waals surface area contributed by atoms with Crippen LogP contribution in [0.2, 0.25) is 13.1 Å². The molecule has 1 aromatic carbocycles. The maximum Gasteiger partial charge on any atom is 0.274 e. The number of fused-ring (bicyclic) bond motifs is 2. The van der Waals surface area contributed by atoms with E-state index in [2.05, 4.69) is 29.7 Å². The maximum atomic E-state index is 13.0. The van der Waals surface area contributed by atoms with Gasteiger partial charge in [0.25, 0.3) is 6.71 Å². The SMILES string of the molecule is CB(C#N)CC(=O)N[C@H]1CCOC2CC3(CC=CC3)[C@@H](C)N2C1=O.O=CNC1CCOc2ccccc21. The summed E-state index contributed by atoms with van der Waals surface area (Å²) < 4.78 is 11.4. The van der Waals surface area contributed by atoms with E-state index in [-0.39, 0.29) is 48.6 Å². The van der Waals surface area contributed by atoms with E-state index in [4.69, 9.17) is 14.7 Å². The lowest BCUT2D eigenvalue weighted by atomic mass is 9.51. The van der Waals surface area contributed by atoms with Crippen molar-refractivity contribution in [1.82, 2.24) is 15.5 Å². The highest BCUT2D eigenvalue weighted by molar-refractivity contribution is 6.68. The molecule has 0 bridgehead atoms. The lowest BCUT2D eigenvalue weighted by molar-refractivity contribution is -0.143. The molecule has 3 amide bonds. The van der Waals surface area contributed by atoms with Gasteiger partial charge >= 0.3 is 0 Å². The minimum absolute atomic E-state index is 0.0493. The number of hydrogen-bond donors (Lipinski definition) is 2. The lowest BCUT2D eigenvalue weighted by Gasteiger charge is -2.33. The van der Waals surface area contributed by atoms with Crippen molar-refractivity contribution in [3.8, 4) is 11.7 Å². The van der Waals surface area contributed by atoms with E-state index in [1.54, 1.807) is 6.82 Å². The zero-order valence-electron chi connectivity index (χ0n) is 21.5. The molecule has 9 nitrogen and oxygen atoms in total. The van der Waals surface area contributed by atoms with Crippen molar-refractivity contribution in [3.05, 3.63) is 42.0 Å². The summed E-state index contributed by atoms with van der Waals surface area (Å²) in [7, 11) is 0. The number of benzene rings is 1. The van der Waals surface area contributed by atoms with E-state index >= 15 is 0 Å². The summed E-state index contributed by atoms with van der Waals surface area (Å²) in [5.74, 6) is 2.63. The van der Waals surface area contributed by atoms with Gasteiger partial charge < -0.3 is 25.0 Å². The highest BCUT2D eigenvalue weighted by Crippen LogP contribution is 2.50. The van der Waals surface area contributed by atoms with Crippen LogP contribution in [0.4, 0.5) is 0 Å². The van der Waals surface area contributed by atoms with Crippen molar-refractivity contribution in [2.75, 3.05) is 13.2 Å². The Morgan fingerprint density at radius 3 is 2.70 bits per heavy atom. The van der Waals surface area contributed by atoms with Crippen LogP contribution in [0.3, 0.4) is 0 Å². The molecule has 3 heterocycles. The molecule has 4 aliphatic rings. The Kier molecular flexibility index (Phi) is 8.54. The van der Waals surface area contributed by atoms with Crippen LogP contribution in [-0.2, 0) is 19.1 Å². The van der Waals surface area contributed by atoms with Gasteiger partial charge in [0.15, 0.2) is 0 Å². The molecule has 10 heteroatoms. The Labute approximate surface area is 218 Å². The molecule has 37 heavy (non-hydrogen) atoms. The molecular formula is C27H35BN4O5. The second-order valence-corrected chi connectivity index (χ2v) is 10.3. The van der Waals surface area contributed by atoms with Gasteiger partial charge in [-0.15, -0.1) is 0 Å². The Morgan fingerprint density at radius 2 is 1.97 bits per heavy atom. The number of rotatable bonds is 5. The highest BCUT2D eigenvalue weighted by Gasteiger charge is 2.54. The minimum atomic E-state index is -0.555. The van der Waals surface area contributed by atoms with Gasteiger partial charge in [-0.2, -0.15) is 0 Å². The predicted molar refractivity (Wildman–Crippen MR) is 139 cm³/mol. The van der Waals surface area contributed by atoms with Crippen LogP contribution in [-0.4, -0.2) is 61.4 Å². The quantitative estimate of drug-likeness (QED) is 0.360. The Hall–Kier alpha value is -3.32. The van der Waals surface area contributed by atoms with Crippen molar-refractivity contribution in [3.63, 3.8) is 0 Å². The first-order chi connectivity index (χ1) is 17.9. The second kappa shape index (κ2) is 11.8. The van der Waals surface area contributed by atoms with Gasteiger partial charge in [-0.3, -0.25) is 14.4 Å². The first-order valence-electron chi connectivity index (χ1n) is 13.1. The first kappa shape index (κ1) is 26.7. The molecule has 0 aromatic heterocycles. The molecule has 0 saturated carbocycles. The minimum Gasteiger partial charge on any atom is -0.493 e. The van der Waals surface area contributed by atoms with E-state index in [9.17, 15) is 14.4 Å². The van der Waals surface area contributed by atoms with Crippen LogP contribution in [0.1, 0.15) is 50.6 Å². The van der Waals surface area contributed by atoms with Crippen molar-refractivity contribution in [2.24, 2.45) is 5.41 Å². The third-order valence-electron chi connectivity index (χ3n) is 7.95. The van der Waals surface area contributed by atoms with E-state index in [1.807, 2.05) is 35.1 Å². The molecule has 1 spiro atoms. The molecule has 3 aliphatic heterocycles. The summed E-state index contributed by atoms with van der Waals surface area (Å²) in [6.07, 6.45) is 9.20. The van der Waals surface area contributed by atoms with Gasteiger partial charge in [0, 0.05) is 48.6 Å². The van der Waals surface area contributed by atoms with E-state index < -0.39 is 6.04 Å². The molecule has 1 aromatic rings. The predicted octanol–water partition coefficient (Wildman–Crippen LogP) is 2.62. The number of amides is 3. The van der Waals surface area contributed by atoms with E-state index in [0.29, 0.717) is 19.6 Å². The van der Waals surface area contributed by atoms with Gasteiger partial charge in [0.05, 0.1) is 19.3 Å². The maximum absolute atomic E-state index is 13.0. The fourth-order valence-electron chi connectivity index (χ4n) is 5.79. The van der Waals surface area contributed by atoms with Gasteiger partial charge in [0.1, 0.15) is 18.0 Å². The summed E-state index contributed by atoms with van der Waals surface area (Å²) in [5, 5.41) is 14.4. The largest absolute Gasteiger partial charge is 0.493 e. The van der Waals surface area contributed by atoms with Crippen molar-refractivity contribution >= 4 is 24.9 Å². The second-order valence-electron chi connectivity index (χ2n) is 10.3. The molecule has 2 saturated heterocycles. The number of allylic oxidation sites excluding steroid dienone is 2. The standard InChI is InChI=1S/C17H24BN3O3.C10H11NO2/c1-12-17(6-3-4-7-17)9-15-21(12)16(23)13(5-8-24-15)20-14(22)10-18(2)11-19;12-7-11-9-5-6-13-10-4-2-1-3-8(9)10/h3-4,12-13,15H,5-10H2,1-2H3,(H,20,22);1-4,7,9H,5-6H2,(H,11,12)/t12-,13+,15?;/m1./s1. The van der Waals surface area contributed by atoms with Crippen LogP contribution >= 0.6 is 0 Å². The van der Waals surface area contributed by atoms with Crippen LogP contribution in [0.15, 0.2) is 36.4 Å². The van der Waals surface area contributed by atoms with Crippen molar-refractivity contribution in [2.45, 2.75) is 76.5 Å². The van der Waals surface area contributed by atoms with Crippen molar-refractivity contribution in [1.29, 1.82) is 5.26 Å². The number of nitriles is 1. The Morgan fingerprint density at radius 1 is 1.24 bits per heavy atom. The summed E-state index contributed by atoms with van der Waals surface area (Å²) in [4.78, 5) is 37.3. The summed E-state index contributed by atoms with van der Waals surface area (Å²) >= 11 is 0. The average Bonchev–Trinajstić information content (AvgIpc) is 3.44. The first-order valence-corrected chi connectivity index (χ1v) is 13.1. The number of nitrogens with zero attached hydrogens (tertiary/aromatic N) is 2. The molecule has 2 N–H and O–H groups in total. The topological polar surface area (TPSA) is 121 Å². The number of ether oxygens (including phenoxy) is 2. The molecule has 2 unspecified atom stereocenters. The van der Waals surface area contributed by atoms with Crippen LogP contribution < -0.4 is 15.4 Å². The fourth-order valence-corrected chi connectivity index (χ4v) is 5.79. The molecular weight excluding hydrogens is 471 g/mol. The zero-order valence-corrected chi connectivity index (χ0v) is 21.5. The van der Waals surface area contributed by atoms with E-state index in [1.165, 1.54) is 0 Å². The Bertz CT molecular complexity index is 1070. The summed E-state index contributed by atoms with van der Waals surface area (Å²) in [6.45, 7) is 4.57. The summed E-state index contributed by atoms with van der Waals surface area (Å²) in [5.41, 5.74) is 1.16. The third-order valence-corrected chi connectivity index (χ3v) is 7.95. The number of hydrogen-bond acceptors (Lipinski definition) is 6. The number of para-hydroxylation sites is 1. The highest BCUT2D eigenvalue weighted by atomic mass is 16.5. The van der Waals surface area contributed by atoms with Crippen LogP contribution in [0.5, 0.6) is 5.75 Å².